The van der Waals surface area contributed by atoms with E-state index >= 15 is 0 Å². The average molecular weight is 261 g/mol. The molecular weight excluding hydrogens is 243 g/mol. The van der Waals surface area contributed by atoms with Gasteiger partial charge in [-0.25, -0.2) is 4.98 Å². The Hall–Kier alpha value is -1.04. The summed E-state index contributed by atoms with van der Waals surface area (Å²) in [4.78, 5) is 9.35. The van der Waals surface area contributed by atoms with Gasteiger partial charge in [-0.2, -0.15) is 13.2 Å². The summed E-state index contributed by atoms with van der Waals surface area (Å²) in [5.74, 6) is 1.14. The fourth-order valence-corrected chi connectivity index (χ4v) is 2.41. The van der Waals surface area contributed by atoms with Crippen LogP contribution in [-0.2, 0) is 0 Å². The number of aromatic nitrogens is 2. The average Bonchev–Trinajstić information content (AvgIpc) is 2.73. The summed E-state index contributed by atoms with van der Waals surface area (Å²) in [7, 11) is 0. The second-order valence-electron chi connectivity index (χ2n) is 4.96. The van der Waals surface area contributed by atoms with Gasteiger partial charge in [-0.05, 0) is 26.3 Å². The molecule has 0 spiro atoms. The number of nitrogens with zero attached hydrogens (tertiary/aromatic N) is 2. The molecule has 2 rings (SSSR count). The van der Waals surface area contributed by atoms with Gasteiger partial charge in [0.05, 0.1) is 6.42 Å². The number of hydrogen-bond acceptors (Lipinski definition) is 2. The molecule has 0 aliphatic carbocycles. The molecule has 1 atom stereocenters. The van der Waals surface area contributed by atoms with E-state index in [0.29, 0.717) is 6.54 Å². The Balaban J connectivity index is 1.88. The van der Waals surface area contributed by atoms with Crippen molar-refractivity contribution in [3.05, 3.63) is 17.7 Å². The largest absolute Gasteiger partial charge is 0.390 e. The number of H-pyrrole nitrogens is 1. The van der Waals surface area contributed by atoms with E-state index in [-0.39, 0.29) is 12.5 Å². The van der Waals surface area contributed by atoms with E-state index < -0.39 is 12.6 Å². The maximum absolute atomic E-state index is 12.2. The number of alkyl halides is 3. The molecule has 102 valence electrons. The van der Waals surface area contributed by atoms with Crippen molar-refractivity contribution in [3.8, 4) is 0 Å². The summed E-state index contributed by atoms with van der Waals surface area (Å²) in [6.45, 7) is 3.45. The lowest BCUT2D eigenvalue weighted by Gasteiger charge is -2.31. The van der Waals surface area contributed by atoms with Crippen LogP contribution in [0.1, 0.15) is 36.7 Å². The van der Waals surface area contributed by atoms with Crippen LogP contribution in [0.15, 0.2) is 6.20 Å². The summed E-state index contributed by atoms with van der Waals surface area (Å²) in [5, 5.41) is 0. The van der Waals surface area contributed by atoms with Gasteiger partial charge < -0.3 is 9.88 Å². The highest BCUT2D eigenvalue weighted by atomic mass is 19.4. The van der Waals surface area contributed by atoms with Crippen molar-refractivity contribution < 1.29 is 13.2 Å². The minimum atomic E-state index is -4.06. The Bertz CT molecular complexity index is 386. The Morgan fingerprint density at radius 1 is 1.50 bits per heavy atom. The maximum Gasteiger partial charge on any atom is 0.390 e. The third-order valence-corrected chi connectivity index (χ3v) is 3.33. The van der Waals surface area contributed by atoms with Crippen molar-refractivity contribution in [2.24, 2.45) is 0 Å². The highest BCUT2D eigenvalue weighted by Crippen LogP contribution is 2.26. The Kier molecular flexibility index (Phi) is 3.94. The molecule has 1 saturated heterocycles. The van der Waals surface area contributed by atoms with Crippen LogP contribution in [0.3, 0.4) is 0 Å². The predicted molar refractivity (Wildman–Crippen MR) is 62.4 cm³/mol. The van der Waals surface area contributed by atoms with Gasteiger partial charge in [-0.15, -0.1) is 0 Å². The first kappa shape index (κ1) is 13.4. The van der Waals surface area contributed by atoms with Crippen molar-refractivity contribution in [2.75, 3.05) is 19.6 Å². The molecule has 0 radical (unpaired) electrons. The summed E-state index contributed by atoms with van der Waals surface area (Å²) in [6.07, 6.45) is -1.09. The molecule has 2 heterocycles. The van der Waals surface area contributed by atoms with Gasteiger partial charge >= 0.3 is 6.18 Å². The Morgan fingerprint density at radius 3 is 2.89 bits per heavy atom. The lowest BCUT2D eigenvalue weighted by Crippen LogP contribution is -2.37. The molecule has 0 unspecified atom stereocenters. The SMILES string of the molecule is Cc1cnc([C@H]2CCCN(CCC(F)(F)F)C2)[nH]1. The predicted octanol–water partition coefficient (Wildman–Crippen LogP) is 2.85. The lowest BCUT2D eigenvalue weighted by molar-refractivity contribution is -0.138. The van der Waals surface area contributed by atoms with Crippen molar-refractivity contribution in [3.63, 3.8) is 0 Å². The molecule has 0 aromatic carbocycles. The smallest absolute Gasteiger partial charge is 0.346 e. The Morgan fingerprint density at radius 2 is 2.28 bits per heavy atom. The molecule has 18 heavy (non-hydrogen) atoms. The summed E-state index contributed by atoms with van der Waals surface area (Å²) >= 11 is 0. The van der Waals surface area contributed by atoms with E-state index in [9.17, 15) is 13.2 Å². The molecule has 0 amide bonds. The highest BCUT2D eigenvalue weighted by molar-refractivity contribution is 5.05. The zero-order chi connectivity index (χ0) is 13.2. The number of imidazole rings is 1. The summed E-state index contributed by atoms with van der Waals surface area (Å²) < 4.78 is 36.6. The highest BCUT2D eigenvalue weighted by Gasteiger charge is 2.30. The third-order valence-electron chi connectivity index (χ3n) is 3.33. The van der Waals surface area contributed by atoms with Crippen LogP contribution in [0.25, 0.3) is 0 Å². The van der Waals surface area contributed by atoms with E-state index in [1.54, 1.807) is 6.20 Å². The van der Waals surface area contributed by atoms with Crippen molar-refractivity contribution in [1.82, 2.24) is 14.9 Å². The number of hydrogen-bond donors (Lipinski definition) is 1. The molecule has 1 aromatic heterocycles. The quantitative estimate of drug-likeness (QED) is 0.907. The van der Waals surface area contributed by atoms with E-state index in [1.165, 1.54) is 0 Å². The second kappa shape index (κ2) is 5.30. The minimum Gasteiger partial charge on any atom is -0.346 e. The first-order valence-corrected chi connectivity index (χ1v) is 6.24. The molecule has 6 heteroatoms. The number of likely N-dealkylation sites (tertiary alicyclic amines) is 1. The number of rotatable bonds is 3. The fourth-order valence-electron chi connectivity index (χ4n) is 2.41. The van der Waals surface area contributed by atoms with Gasteiger partial charge in [0, 0.05) is 30.9 Å². The monoisotopic (exact) mass is 261 g/mol. The third kappa shape index (κ3) is 3.73. The van der Waals surface area contributed by atoms with Gasteiger partial charge in [0.1, 0.15) is 5.82 Å². The van der Waals surface area contributed by atoms with E-state index in [1.807, 2.05) is 11.8 Å². The van der Waals surface area contributed by atoms with Crippen LogP contribution in [-0.4, -0.2) is 40.7 Å². The lowest BCUT2D eigenvalue weighted by atomic mass is 9.97. The standard InChI is InChI=1S/C12H18F3N3/c1-9-7-16-11(17-9)10-3-2-5-18(8-10)6-4-12(13,14)15/h7,10H,2-6,8H2,1H3,(H,16,17)/t10-/m0/s1. The minimum absolute atomic E-state index is 0.0969. The van der Waals surface area contributed by atoms with Crippen LogP contribution in [0.5, 0.6) is 0 Å². The van der Waals surface area contributed by atoms with Crippen LogP contribution in [0, 0.1) is 6.92 Å². The summed E-state index contributed by atoms with van der Waals surface area (Å²) in [6, 6.07) is 0. The second-order valence-corrected chi connectivity index (χ2v) is 4.96. The first-order chi connectivity index (χ1) is 8.44. The van der Waals surface area contributed by atoms with Crippen LogP contribution in [0.2, 0.25) is 0 Å². The van der Waals surface area contributed by atoms with Gasteiger partial charge in [-0.3, -0.25) is 0 Å². The molecule has 1 aliphatic heterocycles. The van der Waals surface area contributed by atoms with E-state index in [0.717, 1.165) is 30.9 Å². The van der Waals surface area contributed by atoms with Gasteiger partial charge in [0.25, 0.3) is 0 Å². The number of aryl methyl sites for hydroxylation is 1. The number of nitrogens with one attached hydrogen (secondary N) is 1. The molecule has 1 aliphatic rings. The van der Waals surface area contributed by atoms with Crippen molar-refractivity contribution in [2.45, 2.75) is 38.3 Å². The first-order valence-electron chi connectivity index (χ1n) is 6.24. The fraction of sp³-hybridized carbons (Fsp3) is 0.750. The maximum atomic E-state index is 12.2. The van der Waals surface area contributed by atoms with Crippen molar-refractivity contribution in [1.29, 1.82) is 0 Å². The molecular formula is C12H18F3N3. The molecule has 0 bridgehead atoms. The van der Waals surface area contributed by atoms with Gasteiger partial charge in [-0.1, -0.05) is 0 Å². The number of piperidine rings is 1. The normalized spacial score (nSPS) is 22.3. The topological polar surface area (TPSA) is 31.9 Å². The van der Waals surface area contributed by atoms with Crippen LogP contribution < -0.4 is 0 Å². The van der Waals surface area contributed by atoms with Crippen LogP contribution in [0.4, 0.5) is 13.2 Å². The van der Waals surface area contributed by atoms with Gasteiger partial charge in [0.15, 0.2) is 0 Å². The molecule has 1 aromatic rings. The number of aromatic amines is 1. The van der Waals surface area contributed by atoms with E-state index in [4.69, 9.17) is 0 Å². The zero-order valence-corrected chi connectivity index (χ0v) is 10.4. The van der Waals surface area contributed by atoms with E-state index in [2.05, 4.69) is 9.97 Å². The molecule has 3 nitrogen and oxygen atoms in total. The zero-order valence-electron chi connectivity index (χ0n) is 10.4. The Labute approximate surface area is 104 Å². The molecule has 1 N–H and O–H groups in total. The van der Waals surface area contributed by atoms with Crippen molar-refractivity contribution >= 4 is 0 Å². The number of halogens is 3. The summed E-state index contributed by atoms with van der Waals surface area (Å²) in [5.41, 5.74) is 0.998. The molecule has 0 saturated carbocycles. The van der Waals surface area contributed by atoms with Crippen LogP contribution >= 0.6 is 0 Å². The van der Waals surface area contributed by atoms with Gasteiger partial charge in [0.2, 0.25) is 0 Å². The molecule has 1 fully saturated rings.